The second-order valence-electron chi connectivity index (χ2n) is 11.7. The fraction of sp³-hybridized carbons (Fsp3) is 0.647. The van der Waals surface area contributed by atoms with Crippen molar-refractivity contribution in [2.24, 2.45) is 5.92 Å². The van der Waals surface area contributed by atoms with Crippen molar-refractivity contribution in [2.45, 2.75) is 82.8 Å². The highest BCUT2D eigenvalue weighted by molar-refractivity contribution is 5.57. The number of hydrogen-bond donors (Lipinski definition) is 4. The Balaban J connectivity index is 1.12. The Morgan fingerprint density at radius 1 is 0.805 bits per heavy atom. The Bertz CT molecular complexity index is 1020. The second kappa shape index (κ2) is 17.0. The van der Waals surface area contributed by atoms with E-state index in [9.17, 15) is 5.11 Å². The minimum atomic E-state index is -0.488. The molecule has 0 amide bonds. The van der Waals surface area contributed by atoms with Gasteiger partial charge in [-0.15, -0.1) is 0 Å². The molecule has 7 heteroatoms. The topological polar surface area (TPSA) is 84.0 Å². The molecular weight excluding hydrogens is 514 g/mol. The van der Waals surface area contributed by atoms with Crippen LogP contribution in [0.5, 0.6) is 17.2 Å². The molecule has 0 spiro atoms. The molecule has 1 heterocycles. The Kier molecular flexibility index (Phi) is 13.1. The highest BCUT2D eigenvalue weighted by atomic mass is 16.5. The van der Waals surface area contributed by atoms with Crippen molar-refractivity contribution in [1.82, 2.24) is 16.0 Å². The van der Waals surface area contributed by atoms with E-state index >= 15 is 0 Å². The van der Waals surface area contributed by atoms with Crippen molar-refractivity contribution in [2.75, 3.05) is 53.0 Å². The molecule has 4 rings (SSSR count). The Hall–Kier alpha value is -2.32. The van der Waals surface area contributed by atoms with Crippen molar-refractivity contribution in [3.8, 4) is 17.2 Å². The van der Waals surface area contributed by atoms with Crippen LogP contribution in [-0.2, 0) is 0 Å². The van der Waals surface area contributed by atoms with Gasteiger partial charge in [-0.1, -0.05) is 50.6 Å². The van der Waals surface area contributed by atoms with Crippen LogP contribution in [0.1, 0.15) is 81.8 Å². The van der Waals surface area contributed by atoms with E-state index in [1.54, 1.807) is 7.11 Å². The molecule has 0 radical (unpaired) electrons. The van der Waals surface area contributed by atoms with E-state index in [-0.39, 0.29) is 23.9 Å². The zero-order chi connectivity index (χ0) is 28.9. The fourth-order valence-electron chi connectivity index (χ4n) is 6.37. The van der Waals surface area contributed by atoms with Gasteiger partial charge in [0.2, 0.25) is 0 Å². The summed E-state index contributed by atoms with van der Waals surface area (Å²) in [4.78, 5) is 0. The van der Waals surface area contributed by atoms with E-state index in [2.05, 4.69) is 54.1 Å². The van der Waals surface area contributed by atoms with Crippen LogP contribution in [0.4, 0.5) is 0 Å². The lowest BCUT2D eigenvalue weighted by molar-refractivity contribution is 0.116. The van der Waals surface area contributed by atoms with E-state index in [0.29, 0.717) is 6.61 Å². The van der Waals surface area contributed by atoms with E-state index in [1.807, 2.05) is 18.2 Å². The molecule has 0 aromatic heterocycles. The summed E-state index contributed by atoms with van der Waals surface area (Å²) in [5.74, 6) is 2.40. The van der Waals surface area contributed by atoms with Gasteiger partial charge in [0.25, 0.3) is 0 Å². The number of rotatable bonds is 20. The van der Waals surface area contributed by atoms with Crippen LogP contribution in [0.25, 0.3) is 0 Å². The normalized spacial score (nSPS) is 22.8. The molecule has 228 valence electrons. The Morgan fingerprint density at radius 2 is 1.44 bits per heavy atom. The number of fused-ring (bicyclic) bond motifs is 3. The van der Waals surface area contributed by atoms with Gasteiger partial charge in [-0.2, -0.15) is 0 Å². The molecule has 2 aliphatic rings. The van der Waals surface area contributed by atoms with Crippen LogP contribution in [0.3, 0.4) is 0 Å². The third-order valence-corrected chi connectivity index (χ3v) is 8.65. The summed E-state index contributed by atoms with van der Waals surface area (Å²) in [7, 11) is 1.68. The van der Waals surface area contributed by atoms with Gasteiger partial charge in [-0.25, -0.2) is 0 Å². The summed E-state index contributed by atoms with van der Waals surface area (Å²) in [6.45, 7) is 11.5. The van der Waals surface area contributed by atoms with Gasteiger partial charge in [-0.05, 0) is 89.3 Å². The van der Waals surface area contributed by atoms with Crippen molar-refractivity contribution < 1.29 is 19.3 Å². The zero-order valence-corrected chi connectivity index (χ0v) is 25.5. The van der Waals surface area contributed by atoms with E-state index in [1.165, 1.54) is 31.2 Å². The molecule has 2 aromatic rings. The maximum Gasteiger partial charge on any atom is 0.130 e. The number of nitrogens with one attached hydrogen (secondary N) is 3. The molecule has 0 saturated heterocycles. The van der Waals surface area contributed by atoms with Crippen molar-refractivity contribution in [3.05, 3.63) is 53.6 Å². The number of unbranched alkanes of at least 4 members (excludes halogenated alkanes) is 3. The van der Waals surface area contributed by atoms with Crippen molar-refractivity contribution >= 4 is 0 Å². The quantitative estimate of drug-likeness (QED) is 0.163. The summed E-state index contributed by atoms with van der Waals surface area (Å²) in [5.41, 5.74) is 2.18. The van der Waals surface area contributed by atoms with E-state index < -0.39 is 6.10 Å². The second-order valence-corrected chi connectivity index (χ2v) is 11.7. The van der Waals surface area contributed by atoms with Gasteiger partial charge >= 0.3 is 0 Å². The van der Waals surface area contributed by atoms with Gasteiger partial charge in [0, 0.05) is 23.6 Å². The van der Waals surface area contributed by atoms with E-state index in [0.717, 1.165) is 81.3 Å². The predicted octanol–water partition coefficient (Wildman–Crippen LogP) is 5.23. The van der Waals surface area contributed by atoms with Crippen LogP contribution in [0.2, 0.25) is 0 Å². The van der Waals surface area contributed by atoms with Crippen LogP contribution >= 0.6 is 0 Å². The Morgan fingerprint density at radius 3 is 2.10 bits per heavy atom. The molecule has 4 N–H and O–H groups in total. The summed E-state index contributed by atoms with van der Waals surface area (Å²) >= 11 is 0. The van der Waals surface area contributed by atoms with Crippen LogP contribution in [0, 0.1) is 5.92 Å². The molecule has 1 aliphatic carbocycles. The molecule has 2 aromatic carbocycles. The number of benzene rings is 2. The first-order valence-electron chi connectivity index (χ1n) is 16.0. The molecule has 41 heavy (non-hydrogen) atoms. The molecule has 0 bridgehead atoms. The first-order valence-corrected chi connectivity index (χ1v) is 16.0. The smallest absolute Gasteiger partial charge is 0.130 e. The number of hydrogen-bond acceptors (Lipinski definition) is 7. The monoisotopic (exact) mass is 567 g/mol. The number of aliphatic hydroxyl groups is 1. The lowest BCUT2D eigenvalue weighted by Gasteiger charge is -2.23. The lowest BCUT2D eigenvalue weighted by atomic mass is 9.88. The van der Waals surface area contributed by atoms with Crippen molar-refractivity contribution in [3.63, 3.8) is 0 Å². The SMILES string of the molecule is CCCCNCCCCNCCCNCCCCOc1cc(OC)c2c(c1)OC1C2C(O)C(C)[C@H]1c1ccccc1. The molecule has 1 aliphatic heterocycles. The summed E-state index contributed by atoms with van der Waals surface area (Å²) in [6.07, 6.45) is 7.64. The number of aliphatic hydroxyl groups excluding tert-OH is 1. The molecule has 1 fully saturated rings. The highest BCUT2D eigenvalue weighted by Crippen LogP contribution is 2.58. The van der Waals surface area contributed by atoms with Gasteiger partial charge < -0.3 is 35.3 Å². The van der Waals surface area contributed by atoms with Gasteiger partial charge in [-0.3, -0.25) is 0 Å². The minimum absolute atomic E-state index is 0.0960. The summed E-state index contributed by atoms with van der Waals surface area (Å²) in [5, 5.41) is 21.8. The maximum absolute atomic E-state index is 11.2. The van der Waals surface area contributed by atoms with Gasteiger partial charge in [0.15, 0.2) is 0 Å². The first-order chi connectivity index (χ1) is 20.2. The average Bonchev–Trinajstić information content (AvgIpc) is 3.48. The number of ether oxygens (including phenoxy) is 3. The standard InChI is InChI=1S/C34H53N3O4/c1-4-5-16-35-17-9-10-18-36-20-13-21-37-19-11-12-22-40-27-23-28(39-3)31-29(24-27)41-34-30(25(2)33(38)32(31)34)26-14-7-6-8-15-26/h6-8,14-15,23-25,30,32-38H,4-5,9-13,16-22H2,1-3H3/t25?,30-,32?,33?,34?/m0/s1. The number of methoxy groups -OCH3 is 1. The third kappa shape index (κ3) is 8.60. The average molecular weight is 568 g/mol. The van der Waals surface area contributed by atoms with Gasteiger partial charge in [0.1, 0.15) is 23.4 Å². The first kappa shape index (κ1) is 31.6. The van der Waals surface area contributed by atoms with Crippen LogP contribution in [0.15, 0.2) is 42.5 Å². The zero-order valence-electron chi connectivity index (χ0n) is 25.5. The molecule has 7 nitrogen and oxygen atoms in total. The molecular formula is C34H53N3O4. The fourth-order valence-corrected chi connectivity index (χ4v) is 6.37. The molecule has 5 atom stereocenters. The minimum Gasteiger partial charge on any atom is -0.496 e. The van der Waals surface area contributed by atoms with Crippen LogP contribution in [-0.4, -0.2) is 70.3 Å². The van der Waals surface area contributed by atoms with Crippen molar-refractivity contribution in [1.29, 1.82) is 0 Å². The van der Waals surface area contributed by atoms with E-state index in [4.69, 9.17) is 14.2 Å². The molecule has 4 unspecified atom stereocenters. The largest absolute Gasteiger partial charge is 0.496 e. The lowest BCUT2D eigenvalue weighted by Crippen LogP contribution is -2.24. The van der Waals surface area contributed by atoms with Crippen LogP contribution < -0.4 is 30.2 Å². The summed E-state index contributed by atoms with van der Waals surface area (Å²) < 4.78 is 18.4. The maximum atomic E-state index is 11.2. The highest BCUT2D eigenvalue weighted by Gasteiger charge is 2.55. The third-order valence-electron chi connectivity index (χ3n) is 8.65. The van der Waals surface area contributed by atoms with Gasteiger partial charge in [0.05, 0.1) is 25.7 Å². The predicted molar refractivity (Wildman–Crippen MR) is 167 cm³/mol. The Labute approximate surface area is 247 Å². The summed E-state index contributed by atoms with van der Waals surface area (Å²) in [6, 6.07) is 14.3. The molecule has 1 saturated carbocycles.